The molecule has 0 spiro atoms. The largest absolute Gasteiger partial charge is 0.358 e. The number of anilines is 2. The topological polar surface area (TPSA) is 84.3 Å². The quantitative estimate of drug-likeness (QED) is 0.415. The maximum Gasteiger partial charge on any atom is 0.294 e. The van der Waals surface area contributed by atoms with E-state index in [1.165, 1.54) is 6.07 Å². The predicted octanol–water partition coefficient (Wildman–Crippen LogP) is 0.957. The Morgan fingerprint density at radius 2 is 2.21 bits per heavy atom. The molecule has 1 aromatic carbocycles. The summed E-state index contributed by atoms with van der Waals surface area (Å²) in [6.07, 6.45) is 0.0788. The van der Waals surface area contributed by atoms with Crippen LogP contribution < -0.4 is 10.6 Å². The zero-order valence-corrected chi connectivity index (χ0v) is 7.06. The molecule has 14 heavy (non-hydrogen) atoms. The average molecular weight is 193 g/mol. The first-order valence-electron chi connectivity index (χ1n) is 3.98. The number of hydrogen-bond acceptors (Lipinski definition) is 5. The molecule has 0 bridgehead atoms. The third-order valence-corrected chi connectivity index (χ3v) is 1.99. The maximum absolute atomic E-state index is 10.6. The summed E-state index contributed by atoms with van der Waals surface area (Å²) < 4.78 is 0. The fraction of sp³-hybridized carbons (Fsp3) is 0.125. The number of para-hydroxylation sites is 1. The number of hydrogen-bond donors (Lipinski definition) is 2. The third-order valence-electron chi connectivity index (χ3n) is 1.99. The molecule has 1 aliphatic rings. The minimum Gasteiger partial charge on any atom is -0.358 e. The van der Waals surface area contributed by atoms with E-state index in [2.05, 4.69) is 10.6 Å². The lowest BCUT2D eigenvalue weighted by molar-refractivity contribution is -0.383. The van der Waals surface area contributed by atoms with Gasteiger partial charge in [0.1, 0.15) is 5.69 Å². The molecule has 0 radical (unpaired) electrons. The SMILES string of the molecule is O=CC1Nc2cccc([N+](=O)[O-])c2N1. The first-order chi connectivity index (χ1) is 6.72. The Morgan fingerprint density at radius 1 is 1.43 bits per heavy atom. The van der Waals surface area contributed by atoms with Crippen molar-refractivity contribution in [2.45, 2.75) is 6.17 Å². The van der Waals surface area contributed by atoms with E-state index < -0.39 is 11.1 Å². The summed E-state index contributed by atoms with van der Waals surface area (Å²) in [6.45, 7) is 0. The van der Waals surface area contributed by atoms with Crippen molar-refractivity contribution in [3.05, 3.63) is 28.3 Å². The molecule has 0 fully saturated rings. The van der Waals surface area contributed by atoms with E-state index in [-0.39, 0.29) is 5.69 Å². The average Bonchev–Trinajstić information content (AvgIpc) is 2.59. The van der Waals surface area contributed by atoms with Gasteiger partial charge < -0.3 is 10.6 Å². The van der Waals surface area contributed by atoms with Crippen LogP contribution >= 0.6 is 0 Å². The summed E-state index contributed by atoms with van der Waals surface area (Å²) >= 11 is 0. The molecule has 0 saturated carbocycles. The standard InChI is InChI=1S/C8H7N3O3/c12-4-7-9-5-2-1-3-6(11(13)14)8(5)10-7/h1-4,7,9-10H. The molecule has 0 saturated heterocycles. The Balaban J connectivity index is 2.46. The van der Waals surface area contributed by atoms with Gasteiger partial charge in [-0.15, -0.1) is 0 Å². The molecule has 1 atom stereocenters. The first-order valence-corrected chi connectivity index (χ1v) is 3.98. The van der Waals surface area contributed by atoms with E-state index in [4.69, 9.17) is 0 Å². The highest BCUT2D eigenvalue weighted by molar-refractivity contribution is 5.88. The molecule has 1 heterocycles. The minimum absolute atomic E-state index is 0.0284. The van der Waals surface area contributed by atoms with Crippen LogP contribution in [0.5, 0.6) is 0 Å². The lowest BCUT2D eigenvalue weighted by atomic mass is 10.2. The van der Waals surface area contributed by atoms with Crippen molar-refractivity contribution < 1.29 is 9.72 Å². The van der Waals surface area contributed by atoms with Crippen LogP contribution in [0.2, 0.25) is 0 Å². The Morgan fingerprint density at radius 3 is 2.86 bits per heavy atom. The van der Waals surface area contributed by atoms with Crippen LogP contribution in [0.25, 0.3) is 0 Å². The molecule has 0 aliphatic carbocycles. The van der Waals surface area contributed by atoms with Crippen LogP contribution in [0.15, 0.2) is 18.2 Å². The van der Waals surface area contributed by atoms with E-state index in [0.717, 1.165) is 0 Å². The van der Waals surface area contributed by atoms with Gasteiger partial charge >= 0.3 is 0 Å². The summed E-state index contributed by atoms with van der Waals surface area (Å²) in [5, 5.41) is 16.1. The number of aldehydes is 1. The highest BCUT2D eigenvalue weighted by Crippen LogP contribution is 2.36. The van der Waals surface area contributed by atoms with Gasteiger partial charge in [0.2, 0.25) is 0 Å². The van der Waals surface area contributed by atoms with Crippen molar-refractivity contribution in [3.8, 4) is 0 Å². The van der Waals surface area contributed by atoms with Gasteiger partial charge in [0.05, 0.1) is 10.6 Å². The zero-order valence-electron chi connectivity index (χ0n) is 7.06. The normalized spacial score (nSPS) is 17.9. The van der Waals surface area contributed by atoms with Crippen LogP contribution in [0.3, 0.4) is 0 Å². The van der Waals surface area contributed by atoms with E-state index in [0.29, 0.717) is 17.7 Å². The Kier molecular flexibility index (Phi) is 1.81. The fourth-order valence-corrected chi connectivity index (χ4v) is 1.39. The zero-order chi connectivity index (χ0) is 10.1. The number of benzene rings is 1. The van der Waals surface area contributed by atoms with Crippen molar-refractivity contribution in [1.82, 2.24) is 0 Å². The third kappa shape index (κ3) is 1.17. The van der Waals surface area contributed by atoms with E-state index >= 15 is 0 Å². The van der Waals surface area contributed by atoms with Gasteiger partial charge in [0.25, 0.3) is 5.69 Å². The number of rotatable bonds is 2. The van der Waals surface area contributed by atoms with Crippen LogP contribution in [0.4, 0.5) is 17.1 Å². The molecule has 1 aromatic rings. The molecule has 0 aromatic heterocycles. The highest BCUT2D eigenvalue weighted by Gasteiger charge is 2.26. The molecule has 6 nitrogen and oxygen atoms in total. The molecular weight excluding hydrogens is 186 g/mol. The summed E-state index contributed by atoms with van der Waals surface area (Å²) in [6, 6.07) is 4.64. The summed E-state index contributed by atoms with van der Waals surface area (Å²) in [5.41, 5.74) is 0.922. The number of nitrogens with zero attached hydrogens (tertiary/aromatic N) is 1. The molecule has 6 heteroatoms. The maximum atomic E-state index is 10.6. The van der Waals surface area contributed by atoms with Gasteiger partial charge in [-0.3, -0.25) is 14.9 Å². The Labute approximate surface area is 79.1 Å². The van der Waals surface area contributed by atoms with Gasteiger partial charge in [0, 0.05) is 6.07 Å². The molecule has 2 N–H and O–H groups in total. The lowest BCUT2D eigenvalue weighted by Crippen LogP contribution is -2.23. The van der Waals surface area contributed by atoms with Gasteiger partial charge in [-0.1, -0.05) is 6.07 Å². The lowest BCUT2D eigenvalue weighted by Gasteiger charge is -2.00. The van der Waals surface area contributed by atoms with Crippen LogP contribution in [0, 0.1) is 10.1 Å². The first kappa shape index (κ1) is 8.49. The van der Waals surface area contributed by atoms with E-state index in [1.54, 1.807) is 12.1 Å². The van der Waals surface area contributed by atoms with Crippen molar-refractivity contribution in [3.63, 3.8) is 0 Å². The van der Waals surface area contributed by atoms with E-state index in [1.807, 2.05) is 0 Å². The summed E-state index contributed by atoms with van der Waals surface area (Å²) in [4.78, 5) is 20.6. The van der Waals surface area contributed by atoms with Crippen LogP contribution in [-0.4, -0.2) is 17.4 Å². The molecule has 0 amide bonds. The summed E-state index contributed by atoms with van der Waals surface area (Å²) in [7, 11) is 0. The highest BCUT2D eigenvalue weighted by atomic mass is 16.6. The molecule has 1 unspecified atom stereocenters. The van der Waals surface area contributed by atoms with Crippen molar-refractivity contribution in [1.29, 1.82) is 0 Å². The molecule has 72 valence electrons. The van der Waals surface area contributed by atoms with Crippen molar-refractivity contribution in [2.75, 3.05) is 10.6 Å². The number of carbonyl (C=O) groups excluding carboxylic acids is 1. The van der Waals surface area contributed by atoms with Gasteiger partial charge in [-0.2, -0.15) is 0 Å². The fourth-order valence-electron chi connectivity index (χ4n) is 1.39. The second kappa shape index (κ2) is 2.99. The minimum atomic E-state index is -0.578. The van der Waals surface area contributed by atoms with Crippen molar-refractivity contribution >= 4 is 23.3 Å². The van der Waals surface area contributed by atoms with Gasteiger partial charge in [-0.05, 0) is 6.07 Å². The molecule has 1 aliphatic heterocycles. The number of nitro benzene ring substituents is 1. The number of fused-ring (bicyclic) bond motifs is 1. The second-order valence-corrected chi connectivity index (χ2v) is 2.86. The Bertz CT molecular complexity index is 405. The smallest absolute Gasteiger partial charge is 0.294 e. The predicted molar refractivity (Wildman–Crippen MR) is 50.2 cm³/mol. The van der Waals surface area contributed by atoms with E-state index in [9.17, 15) is 14.9 Å². The van der Waals surface area contributed by atoms with Gasteiger partial charge in [0.15, 0.2) is 12.5 Å². The number of nitro groups is 1. The molecule has 2 rings (SSSR count). The molecular formula is C8H7N3O3. The number of nitrogens with one attached hydrogen (secondary N) is 2. The van der Waals surface area contributed by atoms with Crippen LogP contribution in [-0.2, 0) is 4.79 Å². The van der Waals surface area contributed by atoms with Gasteiger partial charge in [-0.25, -0.2) is 0 Å². The van der Waals surface area contributed by atoms with Crippen molar-refractivity contribution in [2.24, 2.45) is 0 Å². The Hall–Kier alpha value is -2.11. The van der Waals surface area contributed by atoms with Crippen LogP contribution in [0.1, 0.15) is 0 Å². The second-order valence-electron chi connectivity index (χ2n) is 2.86. The summed E-state index contributed by atoms with van der Waals surface area (Å²) in [5.74, 6) is 0. The monoisotopic (exact) mass is 193 g/mol. The number of carbonyl (C=O) groups is 1.